The van der Waals surface area contributed by atoms with Crippen molar-refractivity contribution in [2.75, 3.05) is 7.05 Å². The average Bonchev–Trinajstić information content (AvgIpc) is 2.76. The highest BCUT2D eigenvalue weighted by molar-refractivity contribution is 7.09. The maximum absolute atomic E-state index is 6.10. The van der Waals surface area contributed by atoms with E-state index in [1.807, 2.05) is 24.7 Å². The molecular weight excluding hydrogens is 240 g/mol. The quantitative estimate of drug-likeness (QED) is 0.905. The minimum absolute atomic E-state index is 0.796. The Balaban J connectivity index is 2.19. The van der Waals surface area contributed by atoms with Crippen molar-refractivity contribution in [3.05, 3.63) is 50.9 Å². The molecule has 2 aromatic rings. The SMILES string of the molecule is CNCc1cc(Cc2nccs2)ccc1Cl. The molecule has 16 heavy (non-hydrogen) atoms. The number of hydrogen-bond donors (Lipinski definition) is 1. The van der Waals surface area contributed by atoms with E-state index in [2.05, 4.69) is 22.4 Å². The van der Waals surface area contributed by atoms with Crippen molar-refractivity contribution in [2.45, 2.75) is 13.0 Å². The molecule has 0 aliphatic carbocycles. The van der Waals surface area contributed by atoms with Crippen molar-refractivity contribution in [3.63, 3.8) is 0 Å². The largest absolute Gasteiger partial charge is 0.316 e. The lowest BCUT2D eigenvalue weighted by molar-refractivity contribution is 0.816. The van der Waals surface area contributed by atoms with Gasteiger partial charge in [0.1, 0.15) is 0 Å². The number of nitrogens with one attached hydrogen (secondary N) is 1. The minimum Gasteiger partial charge on any atom is -0.316 e. The van der Waals surface area contributed by atoms with Crippen LogP contribution in [-0.4, -0.2) is 12.0 Å². The highest BCUT2D eigenvalue weighted by atomic mass is 35.5. The summed E-state index contributed by atoms with van der Waals surface area (Å²) in [6.07, 6.45) is 2.72. The fourth-order valence-corrected chi connectivity index (χ4v) is 2.41. The van der Waals surface area contributed by atoms with Gasteiger partial charge in [-0.15, -0.1) is 11.3 Å². The van der Waals surface area contributed by atoms with Crippen LogP contribution in [0.4, 0.5) is 0 Å². The van der Waals surface area contributed by atoms with Crippen molar-refractivity contribution < 1.29 is 0 Å². The molecule has 0 radical (unpaired) electrons. The Labute approximate surface area is 104 Å². The molecule has 0 aliphatic heterocycles. The van der Waals surface area contributed by atoms with Gasteiger partial charge in [-0.1, -0.05) is 23.7 Å². The lowest BCUT2D eigenvalue weighted by Crippen LogP contribution is -2.06. The van der Waals surface area contributed by atoms with Gasteiger partial charge in [0.05, 0.1) is 5.01 Å². The standard InChI is InChI=1S/C12H13ClN2S/c1-14-8-10-6-9(2-3-11(10)13)7-12-15-4-5-16-12/h2-6,14H,7-8H2,1H3. The molecule has 0 atom stereocenters. The zero-order valence-corrected chi connectivity index (χ0v) is 10.6. The van der Waals surface area contributed by atoms with Crippen molar-refractivity contribution in [1.82, 2.24) is 10.3 Å². The Bertz CT molecular complexity index is 454. The van der Waals surface area contributed by atoms with E-state index in [-0.39, 0.29) is 0 Å². The predicted octanol–water partition coefficient (Wildman–Crippen LogP) is 3.11. The van der Waals surface area contributed by atoms with Gasteiger partial charge in [-0.2, -0.15) is 0 Å². The Morgan fingerprint density at radius 2 is 2.31 bits per heavy atom. The van der Waals surface area contributed by atoms with Gasteiger partial charge < -0.3 is 5.32 Å². The zero-order valence-electron chi connectivity index (χ0n) is 9.03. The van der Waals surface area contributed by atoms with Crippen molar-refractivity contribution in [3.8, 4) is 0 Å². The number of aromatic nitrogens is 1. The second-order valence-electron chi connectivity index (χ2n) is 3.56. The van der Waals surface area contributed by atoms with Crippen molar-refractivity contribution in [2.24, 2.45) is 0 Å². The van der Waals surface area contributed by atoms with Gasteiger partial charge in [0.15, 0.2) is 0 Å². The van der Waals surface area contributed by atoms with Crippen LogP contribution < -0.4 is 5.32 Å². The molecule has 0 bridgehead atoms. The number of nitrogens with zero attached hydrogens (tertiary/aromatic N) is 1. The molecule has 4 heteroatoms. The van der Waals surface area contributed by atoms with E-state index in [9.17, 15) is 0 Å². The minimum atomic E-state index is 0.796. The first-order valence-corrected chi connectivity index (χ1v) is 6.35. The van der Waals surface area contributed by atoms with Gasteiger partial charge >= 0.3 is 0 Å². The third-order valence-corrected chi connectivity index (χ3v) is 3.46. The summed E-state index contributed by atoms with van der Waals surface area (Å²) < 4.78 is 0. The molecule has 0 aliphatic rings. The van der Waals surface area contributed by atoms with E-state index in [0.717, 1.165) is 28.6 Å². The maximum Gasteiger partial charge on any atom is 0.0968 e. The smallest absolute Gasteiger partial charge is 0.0968 e. The van der Waals surface area contributed by atoms with E-state index in [1.165, 1.54) is 5.56 Å². The van der Waals surface area contributed by atoms with E-state index >= 15 is 0 Å². The molecular formula is C12H13ClN2S. The zero-order chi connectivity index (χ0) is 11.4. The molecule has 1 heterocycles. The molecule has 2 nitrogen and oxygen atoms in total. The molecule has 1 aromatic carbocycles. The number of benzene rings is 1. The normalized spacial score (nSPS) is 10.6. The molecule has 0 spiro atoms. The summed E-state index contributed by atoms with van der Waals surface area (Å²) in [4.78, 5) is 4.28. The molecule has 0 saturated heterocycles. The predicted molar refractivity (Wildman–Crippen MR) is 69.1 cm³/mol. The first-order valence-electron chi connectivity index (χ1n) is 5.10. The number of hydrogen-bond acceptors (Lipinski definition) is 3. The third kappa shape index (κ3) is 2.82. The van der Waals surface area contributed by atoms with Gasteiger partial charge in [-0.3, -0.25) is 0 Å². The highest BCUT2D eigenvalue weighted by Crippen LogP contribution is 2.20. The van der Waals surface area contributed by atoms with Crippen LogP contribution in [0.25, 0.3) is 0 Å². The molecule has 1 aromatic heterocycles. The monoisotopic (exact) mass is 252 g/mol. The first kappa shape index (κ1) is 11.6. The van der Waals surface area contributed by atoms with Gasteiger partial charge in [0.2, 0.25) is 0 Å². The molecule has 0 saturated carbocycles. The molecule has 2 rings (SSSR count). The Morgan fingerprint density at radius 3 is 3.00 bits per heavy atom. The average molecular weight is 253 g/mol. The van der Waals surface area contributed by atoms with E-state index in [4.69, 9.17) is 11.6 Å². The summed E-state index contributed by atoms with van der Waals surface area (Å²) in [5, 5.41) is 7.07. The van der Waals surface area contributed by atoms with Crippen LogP contribution >= 0.6 is 22.9 Å². The second kappa shape index (κ2) is 5.43. The molecule has 0 fully saturated rings. The van der Waals surface area contributed by atoms with Crippen LogP contribution in [0, 0.1) is 0 Å². The van der Waals surface area contributed by atoms with E-state index in [0.29, 0.717) is 0 Å². The molecule has 1 N–H and O–H groups in total. The van der Waals surface area contributed by atoms with Crippen molar-refractivity contribution >= 4 is 22.9 Å². The van der Waals surface area contributed by atoms with Crippen LogP contribution in [0.3, 0.4) is 0 Å². The Kier molecular flexibility index (Phi) is 3.93. The summed E-state index contributed by atoms with van der Waals surface area (Å²) in [6, 6.07) is 6.15. The van der Waals surface area contributed by atoms with Crippen LogP contribution in [0.5, 0.6) is 0 Å². The van der Waals surface area contributed by atoms with Crippen LogP contribution in [0.15, 0.2) is 29.8 Å². The summed E-state index contributed by atoms with van der Waals surface area (Å²) in [5.41, 5.74) is 2.39. The fourth-order valence-electron chi connectivity index (χ4n) is 1.58. The Morgan fingerprint density at radius 1 is 1.44 bits per heavy atom. The first-order chi connectivity index (χ1) is 7.79. The van der Waals surface area contributed by atoms with Gasteiger partial charge in [0, 0.05) is 29.6 Å². The third-order valence-electron chi connectivity index (χ3n) is 2.32. The summed E-state index contributed by atoms with van der Waals surface area (Å²) >= 11 is 7.79. The molecule has 0 unspecified atom stereocenters. The number of thiazole rings is 1. The topological polar surface area (TPSA) is 24.9 Å². The van der Waals surface area contributed by atoms with Crippen LogP contribution in [-0.2, 0) is 13.0 Å². The Hall–Kier alpha value is -0.900. The lowest BCUT2D eigenvalue weighted by Gasteiger charge is -2.06. The van der Waals surface area contributed by atoms with E-state index < -0.39 is 0 Å². The summed E-state index contributed by atoms with van der Waals surface area (Å²) in [6.45, 7) is 0.796. The van der Waals surface area contributed by atoms with Gasteiger partial charge in [0.25, 0.3) is 0 Å². The number of halogens is 1. The van der Waals surface area contributed by atoms with Crippen LogP contribution in [0.2, 0.25) is 5.02 Å². The van der Waals surface area contributed by atoms with Gasteiger partial charge in [-0.25, -0.2) is 4.98 Å². The number of rotatable bonds is 4. The van der Waals surface area contributed by atoms with E-state index in [1.54, 1.807) is 11.3 Å². The lowest BCUT2D eigenvalue weighted by atomic mass is 10.1. The maximum atomic E-state index is 6.10. The molecule has 0 amide bonds. The highest BCUT2D eigenvalue weighted by Gasteiger charge is 2.03. The van der Waals surface area contributed by atoms with Gasteiger partial charge in [-0.05, 0) is 24.2 Å². The fraction of sp³-hybridized carbons (Fsp3) is 0.250. The van der Waals surface area contributed by atoms with Crippen LogP contribution in [0.1, 0.15) is 16.1 Å². The summed E-state index contributed by atoms with van der Waals surface area (Å²) in [7, 11) is 1.92. The molecule has 84 valence electrons. The summed E-state index contributed by atoms with van der Waals surface area (Å²) in [5.74, 6) is 0. The van der Waals surface area contributed by atoms with Crippen molar-refractivity contribution in [1.29, 1.82) is 0 Å². The second-order valence-corrected chi connectivity index (χ2v) is 4.95.